The van der Waals surface area contributed by atoms with Gasteiger partial charge in [0.05, 0.1) is 12.1 Å². The number of rotatable bonds is 3. The molecule has 1 aromatic rings. The molecule has 1 aliphatic rings. The summed E-state index contributed by atoms with van der Waals surface area (Å²) in [5.41, 5.74) is 0.254. The Labute approximate surface area is 159 Å². The number of thiazole rings is 1. The Balaban J connectivity index is 0.00000264. The van der Waals surface area contributed by atoms with Gasteiger partial charge in [-0.05, 0) is 6.92 Å². The SMILES string of the molecule is CC1CN(C(=O)Cc2csc(NC(=O)C(C)(C)C)n2)CCN1.Cl.Cl. The Kier molecular flexibility index (Phi) is 9.20. The maximum Gasteiger partial charge on any atom is 0.231 e. The molecule has 0 radical (unpaired) electrons. The fourth-order valence-electron chi connectivity index (χ4n) is 2.16. The van der Waals surface area contributed by atoms with Gasteiger partial charge in [-0.25, -0.2) is 4.98 Å². The van der Waals surface area contributed by atoms with Crippen molar-refractivity contribution in [3.8, 4) is 0 Å². The van der Waals surface area contributed by atoms with E-state index in [0.29, 0.717) is 16.9 Å². The number of nitrogens with zero attached hydrogens (tertiary/aromatic N) is 2. The molecule has 2 amide bonds. The van der Waals surface area contributed by atoms with Crippen LogP contribution in [0, 0.1) is 5.41 Å². The van der Waals surface area contributed by atoms with Crippen LogP contribution < -0.4 is 10.6 Å². The van der Waals surface area contributed by atoms with E-state index >= 15 is 0 Å². The number of carbonyl (C=O) groups excluding carboxylic acids is 2. The van der Waals surface area contributed by atoms with Crippen LogP contribution in [0.1, 0.15) is 33.4 Å². The lowest BCUT2D eigenvalue weighted by molar-refractivity contribution is -0.131. The standard InChI is InChI=1S/C15H24N4O2S.2ClH/c1-10-8-19(6-5-16-10)12(20)7-11-9-22-14(17-11)18-13(21)15(2,3)4;;/h9-10,16H,5-8H2,1-4H3,(H,17,18,21);2*1H. The predicted octanol–water partition coefficient (Wildman–Crippen LogP) is 2.33. The molecule has 2 N–H and O–H groups in total. The molecule has 1 fully saturated rings. The summed E-state index contributed by atoms with van der Waals surface area (Å²) in [5.74, 6) is 0.0167. The number of carbonyl (C=O) groups is 2. The lowest BCUT2D eigenvalue weighted by atomic mass is 9.96. The van der Waals surface area contributed by atoms with Gasteiger partial charge in [0.25, 0.3) is 0 Å². The minimum Gasteiger partial charge on any atom is -0.340 e. The number of aromatic nitrogens is 1. The van der Waals surface area contributed by atoms with Gasteiger partial charge in [0, 0.05) is 36.5 Å². The van der Waals surface area contributed by atoms with E-state index in [1.54, 1.807) is 0 Å². The molecule has 1 aliphatic heterocycles. The van der Waals surface area contributed by atoms with E-state index in [1.807, 2.05) is 31.1 Å². The van der Waals surface area contributed by atoms with Gasteiger partial charge in [0.1, 0.15) is 0 Å². The third kappa shape index (κ3) is 6.55. The van der Waals surface area contributed by atoms with Gasteiger partial charge >= 0.3 is 0 Å². The van der Waals surface area contributed by atoms with Crippen molar-refractivity contribution in [3.63, 3.8) is 0 Å². The Morgan fingerprint density at radius 2 is 2.08 bits per heavy atom. The Morgan fingerprint density at radius 3 is 2.67 bits per heavy atom. The van der Waals surface area contributed by atoms with Gasteiger partial charge < -0.3 is 15.5 Å². The van der Waals surface area contributed by atoms with Crippen LogP contribution >= 0.6 is 36.2 Å². The van der Waals surface area contributed by atoms with Crippen LogP contribution in [-0.4, -0.2) is 47.4 Å². The van der Waals surface area contributed by atoms with Crippen LogP contribution in [0.2, 0.25) is 0 Å². The van der Waals surface area contributed by atoms with Crippen LogP contribution in [0.15, 0.2) is 5.38 Å². The van der Waals surface area contributed by atoms with Gasteiger partial charge in [-0.2, -0.15) is 0 Å². The summed E-state index contributed by atoms with van der Waals surface area (Å²) in [6.45, 7) is 9.93. The zero-order valence-electron chi connectivity index (χ0n) is 14.4. The Morgan fingerprint density at radius 1 is 1.42 bits per heavy atom. The molecule has 1 unspecified atom stereocenters. The van der Waals surface area contributed by atoms with Gasteiger partial charge in [-0.1, -0.05) is 20.8 Å². The van der Waals surface area contributed by atoms with Crippen molar-refractivity contribution in [2.24, 2.45) is 5.41 Å². The number of anilines is 1. The molecular weight excluding hydrogens is 371 g/mol. The molecular formula is C15H26Cl2N4O2S. The molecule has 0 spiro atoms. The minimum atomic E-state index is -0.460. The van der Waals surface area contributed by atoms with Crippen LogP contribution in [0.25, 0.3) is 0 Å². The Hall–Kier alpha value is -0.890. The van der Waals surface area contributed by atoms with Crippen LogP contribution in [0.5, 0.6) is 0 Å². The molecule has 1 atom stereocenters. The number of hydrogen-bond acceptors (Lipinski definition) is 5. The van der Waals surface area contributed by atoms with Crippen molar-refractivity contribution in [1.82, 2.24) is 15.2 Å². The highest BCUT2D eigenvalue weighted by molar-refractivity contribution is 7.13. The second-order valence-electron chi connectivity index (χ2n) is 6.72. The molecule has 138 valence electrons. The summed E-state index contributed by atoms with van der Waals surface area (Å²) >= 11 is 1.36. The van der Waals surface area contributed by atoms with Crippen LogP contribution in [0.4, 0.5) is 5.13 Å². The summed E-state index contributed by atoms with van der Waals surface area (Å²) in [7, 11) is 0. The van der Waals surface area contributed by atoms with Crippen molar-refractivity contribution in [2.75, 3.05) is 25.0 Å². The summed E-state index contributed by atoms with van der Waals surface area (Å²) in [4.78, 5) is 30.4. The molecule has 1 saturated heterocycles. The molecule has 1 aromatic heterocycles. The Bertz CT molecular complexity index is 560. The van der Waals surface area contributed by atoms with Crippen LogP contribution in [0.3, 0.4) is 0 Å². The highest BCUT2D eigenvalue weighted by atomic mass is 35.5. The first-order valence-corrected chi connectivity index (χ1v) is 8.40. The number of halogens is 2. The van der Waals surface area contributed by atoms with E-state index in [9.17, 15) is 9.59 Å². The van der Waals surface area contributed by atoms with Gasteiger partial charge in [-0.3, -0.25) is 9.59 Å². The van der Waals surface area contributed by atoms with E-state index in [1.165, 1.54) is 11.3 Å². The molecule has 6 nitrogen and oxygen atoms in total. The topological polar surface area (TPSA) is 74.3 Å². The molecule has 24 heavy (non-hydrogen) atoms. The number of piperazine rings is 1. The fraction of sp³-hybridized carbons (Fsp3) is 0.667. The predicted molar refractivity (Wildman–Crippen MR) is 102 cm³/mol. The number of nitrogens with one attached hydrogen (secondary N) is 2. The number of hydrogen-bond donors (Lipinski definition) is 2. The van der Waals surface area contributed by atoms with E-state index in [4.69, 9.17) is 0 Å². The quantitative estimate of drug-likeness (QED) is 0.821. The lowest BCUT2D eigenvalue weighted by Gasteiger charge is -2.31. The average molecular weight is 397 g/mol. The second kappa shape index (κ2) is 9.56. The van der Waals surface area contributed by atoms with Gasteiger partial charge in [0.2, 0.25) is 11.8 Å². The third-order valence-corrected chi connectivity index (χ3v) is 4.31. The fourth-order valence-corrected chi connectivity index (χ4v) is 2.86. The summed E-state index contributed by atoms with van der Waals surface area (Å²) in [6.07, 6.45) is 0.286. The van der Waals surface area contributed by atoms with Crippen molar-refractivity contribution < 1.29 is 9.59 Å². The zero-order valence-corrected chi connectivity index (χ0v) is 16.9. The lowest BCUT2D eigenvalue weighted by Crippen LogP contribution is -2.51. The molecule has 9 heteroatoms. The van der Waals surface area contributed by atoms with Crippen molar-refractivity contribution in [2.45, 2.75) is 40.2 Å². The highest BCUT2D eigenvalue weighted by Crippen LogP contribution is 2.21. The molecule has 0 aliphatic carbocycles. The zero-order chi connectivity index (χ0) is 16.3. The number of amides is 2. The van der Waals surface area contributed by atoms with Crippen LogP contribution in [-0.2, 0) is 16.0 Å². The second-order valence-corrected chi connectivity index (χ2v) is 7.58. The van der Waals surface area contributed by atoms with E-state index in [-0.39, 0.29) is 43.0 Å². The first-order chi connectivity index (χ1) is 10.3. The monoisotopic (exact) mass is 396 g/mol. The van der Waals surface area contributed by atoms with E-state index in [2.05, 4.69) is 22.5 Å². The molecule has 2 heterocycles. The average Bonchev–Trinajstić information content (AvgIpc) is 2.85. The van der Waals surface area contributed by atoms with E-state index in [0.717, 1.165) is 19.6 Å². The van der Waals surface area contributed by atoms with Gasteiger partial charge in [0.15, 0.2) is 5.13 Å². The van der Waals surface area contributed by atoms with Crippen molar-refractivity contribution >= 4 is 53.1 Å². The first kappa shape index (κ1) is 23.1. The summed E-state index contributed by atoms with van der Waals surface area (Å²) < 4.78 is 0. The highest BCUT2D eigenvalue weighted by Gasteiger charge is 2.23. The maximum atomic E-state index is 12.3. The molecule has 2 rings (SSSR count). The maximum absolute atomic E-state index is 12.3. The summed E-state index contributed by atoms with van der Waals surface area (Å²) in [5, 5.41) is 8.50. The third-order valence-electron chi connectivity index (χ3n) is 3.51. The minimum absolute atomic E-state index is 0. The van der Waals surface area contributed by atoms with Crippen molar-refractivity contribution in [1.29, 1.82) is 0 Å². The normalized spacial score (nSPS) is 17.5. The molecule has 0 saturated carbocycles. The smallest absolute Gasteiger partial charge is 0.231 e. The summed E-state index contributed by atoms with van der Waals surface area (Å²) in [6, 6.07) is 0.328. The van der Waals surface area contributed by atoms with Gasteiger partial charge in [-0.15, -0.1) is 36.2 Å². The largest absolute Gasteiger partial charge is 0.340 e. The first-order valence-electron chi connectivity index (χ1n) is 7.52. The van der Waals surface area contributed by atoms with E-state index < -0.39 is 5.41 Å². The molecule has 0 aromatic carbocycles. The molecule has 0 bridgehead atoms. The van der Waals surface area contributed by atoms with Crippen molar-refractivity contribution in [3.05, 3.63) is 11.1 Å².